The largest absolute Gasteiger partial charge is 0.436 e. The van der Waals surface area contributed by atoms with E-state index in [1.165, 1.54) is 0 Å². The van der Waals surface area contributed by atoms with Crippen LogP contribution < -0.4 is 5.73 Å². The van der Waals surface area contributed by atoms with E-state index in [0.29, 0.717) is 17.3 Å². The van der Waals surface area contributed by atoms with Gasteiger partial charge in [0.2, 0.25) is 5.76 Å². The van der Waals surface area contributed by atoms with Crippen LogP contribution in [-0.2, 0) is 0 Å². The number of aromatic nitrogens is 1. The number of hydrogen-bond donors (Lipinski definition) is 1. The fourth-order valence-electron chi connectivity index (χ4n) is 2.62. The number of hydrogen-bond acceptors (Lipinski definition) is 4. The van der Waals surface area contributed by atoms with Gasteiger partial charge in [-0.2, -0.15) is 0 Å². The van der Waals surface area contributed by atoms with E-state index in [9.17, 15) is 4.79 Å². The van der Waals surface area contributed by atoms with Gasteiger partial charge in [0, 0.05) is 25.6 Å². The van der Waals surface area contributed by atoms with Crippen molar-refractivity contribution >= 4 is 18.3 Å². The van der Waals surface area contributed by atoms with E-state index in [1.54, 1.807) is 13.8 Å². The molecule has 2 rings (SSSR count). The Balaban J connectivity index is 0.00000180. The monoisotopic (exact) mass is 287 g/mol. The number of carbonyl (C=O) groups is 1. The minimum Gasteiger partial charge on any atom is -0.436 e. The molecule has 1 fully saturated rings. The SMILES string of the molecule is Cc1nc(C)c(C(=O)N2CCCCC2C(C)N)o1.Cl. The number of nitrogens with zero attached hydrogens (tertiary/aromatic N) is 2. The number of oxazole rings is 1. The molecular formula is C13H22ClN3O2. The molecule has 2 unspecified atom stereocenters. The predicted octanol–water partition coefficient (Wildman–Crippen LogP) is 2.06. The topological polar surface area (TPSA) is 72.4 Å². The number of likely N-dealkylation sites (tertiary alicyclic amines) is 1. The molecule has 6 heteroatoms. The van der Waals surface area contributed by atoms with E-state index in [4.69, 9.17) is 10.2 Å². The first-order valence-corrected chi connectivity index (χ1v) is 6.51. The lowest BCUT2D eigenvalue weighted by molar-refractivity contribution is 0.0549. The lowest BCUT2D eigenvalue weighted by Crippen LogP contribution is -2.51. The quantitative estimate of drug-likeness (QED) is 0.904. The lowest BCUT2D eigenvalue weighted by atomic mass is 9.96. The highest BCUT2D eigenvalue weighted by atomic mass is 35.5. The zero-order valence-electron chi connectivity index (χ0n) is 11.7. The molecule has 1 saturated heterocycles. The summed E-state index contributed by atoms with van der Waals surface area (Å²) in [6.45, 7) is 6.26. The fourth-order valence-corrected chi connectivity index (χ4v) is 2.62. The molecule has 2 N–H and O–H groups in total. The minimum atomic E-state index is -0.0740. The Labute approximate surface area is 120 Å². The van der Waals surface area contributed by atoms with E-state index in [2.05, 4.69) is 4.98 Å². The van der Waals surface area contributed by atoms with Crippen molar-refractivity contribution in [2.45, 2.75) is 52.1 Å². The summed E-state index contributed by atoms with van der Waals surface area (Å²) in [5.41, 5.74) is 6.64. The van der Waals surface area contributed by atoms with Crippen LogP contribution in [-0.4, -0.2) is 34.4 Å². The van der Waals surface area contributed by atoms with Crippen molar-refractivity contribution in [3.8, 4) is 0 Å². The highest BCUT2D eigenvalue weighted by Gasteiger charge is 2.32. The minimum absolute atomic E-state index is 0. The fraction of sp³-hybridized carbons (Fsp3) is 0.692. The Morgan fingerprint density at radius 1 is 1.47 bits per heavy atom. The molecule has 0 aliphatic carbocycles. The van der Waals surface area contributed by atoms with Gasteiger partial charge < -0.3 is 15.1 Å². The Morgan fingerprint density at radius 2 is 2.16 bits per heavy atom. The van der Waals surface area contributed by atoms with Crippen LogP contribution in [0.5, 0.6) is 0 Å². The maximum Gasteiger partial charge on any atom is 0.291 e. The number of carbonyl (C=O) groups excluding carboxylic acids is 1. The molecule has 5 nitrogen and oxygen atoms in total. The van der Waals surface area contributed by atoms with Crippen molar-refractivity contribution in [3.05, 3.63) is 17.3 Å². The molecule has 1 aliphatic rings. The first-order chi connectivity index (χ1) is 8.50. The molecule has 1 aromatic rings. The molecule has 0 spiro atoms. The first kappa shape index (κ1) is 16.0. The van der Waals surface area contributed by atoms with Gasteiger partial charge in [-0.25, -0.2) is 4.98 Å². The standard InChI is InChI=1S/C13H21N3O2.ClH/c1-8(14)11-6-4-5-7-16(11)13(17)12-9(2)15-10(3)18-12;/h8,11H,4-7,14H2,1-3H3;1H. The molecule has 0 bridgehead atoms. The second-order valence-electron chi connectivity index (χ2n) is 5.07. The number of piperidine rings is 1. The summed E-state index contributed by atoms with van der Waals surface area (Å²) in [6, 6.07) is 0.0923. The number of aryl methyl sites for hydroxylation is 2. The maximum atomic E-state index is 12.5. The van der Waals surface area contributed by atoms with Crippen LogP contribution in [0.15, 0.2) is 4.42 Å². The molecule has 1 aromatic heterocycles. The van der Waals surface area contributed by atoms with Gasteiger partial charge in [0.25, 0.3) is 5.91 Å². The van der Waals surface area contributed by atoms with Crippen molar-refractivity contribution in [2.75, 3.05) is 6.54 Å². The Bertz CT molecular complexity index is 445. The van der Waals surface area contributed by atoms with Gasteiger partial charge >= 0.3 is 0 Å². The molecule has 19 heavy (non-hydrogen) atoms. The third-order valence-corrected chi connectivity index (χ3v) is 3.51. The molecular weight excluding hydrogens is 266 g/mol. The van der Waals surface area contributed by atoms with Crippen LogP contribution in [0.25, 0.3) is 0 Å². The van der Waals surface area contributed by atoms with Crippen molar-refractivity contribution in [3.63, 3.8) is 0 Å². The van der Waals surface area contributed by atoms with E-state index in [0.717, 1.165) is 25.8 Å². The second-order valence-corrected chi connectivity index (χ2v) is 5.07. The van der Waals surface area contributed by atoms with Crippen LogP contribution in [0.2, 0.25) is 0 Å². The smallest absolute Gasteiger partial charge is 0.291 e. The lowest BCUT2D eigenvalue weighted by Gasteiger charge is -2.37. The average Bonchev–Trinajstić information content (AvgIpc) is 2.67. The van der Waals surface area contributed by atoms with Gasteiger partial charge in [-0.3, -0.25) is 4.79 Å². The molecule has 0 aromatic carbocycles. The summed E-state index contributed by atoms with van der Waals surface area (Å²) in [5.74, 6) is 0.820. The Hall–Kier alpha value is -1.07. The highest BCUT2D eigenvalue weighted by Crippen LogP contribution is 2.22. The third kappa shape index (κ3) is 3.28. The number of nitrogens with two attached hydrogens (primary N) is 1. The van der Waals surface area contributed by atoms with Crippen LogP contribution in [0.4, 0.5) is 0 Å². The van der Waals surface area contributed by atoms with E-state index < -0.39 is 0 Å². The van der Waals surface area contributed by atoms with Crippen molar-refractivity contribution in [1.29, 1.82) is 0 Å². The maximum absolute atomic E-state index is 12.5. The van der Waals surface area contributed by atoms with Crippen molar-refractivity contribution < 1.29 is 9.21 Å². The normalized spacial score (nSPS) is 20.8. The van der Waals surface area contributed by atoms with Gasteiger partial charge in [-0.1, -0.05) is 0 Å². The van der Waals surface area contributed by atoms with Crippen LogP contribution in [0, 0.1) is 13.8 Å². The van der Waals surface area contributed by atoms with E-state index in [-0.39, 0.29) is 30.4 Å². The van der Waals surface area contributed by atoms with Crippen molar-refractivity contribution in [2.24, 2.45) is 5.73 Å². The number of rotatable bonds is 2. The van der Waals surface area contributed by atoms with E-state index >= 15 is 0 Å². The molecule has 0 saturated carbocycles. The molecule has 0 radical (unpaired) electrons. The number of halogens is 1. The zero-order chi connectivity index (χ0) is 13.3. The second kappa shape index (κ2) is 6.39. The molecule has 1 aliphatic heterocycles. The molecule has 1 amide bonds. The van der Waals surface area contributed by atoms with Crippen LogP contribution >= 0.6 is 12.4 Å². The summed E-state index contributed by atoms with van der Waals surface area (Å²) >= 11 is 0. The zero-order valence-corrected chi connectivity index (χ0v) is 12.5. The molecule has 108 valence electrons. The van der Waals surface area contributed by atoms with Gasteiger partial charge in [-0.05, 0) is 33.1 Å². The van der Waals surface area contributed by atoms with Gasteiger partial charge in [0.1, 0.15) is 0 Å². The van der Waals surface area contributed by atoms with Crippen LogP contribution in [0.3, 0.4) is 0 Å². The number of amides is 1. The highest BCUT2D eigenvalue weighted by molar-refractivity contribution is 5.92. The summed E-state index contributed by atoms with van der Waals surface area (Å²) in [4.78, 5) is 18.5. The van der Waals surface area contributed by atoms with Gasteiger partial charge in [-0.15, -0.1) is 12.4 Å². The first-order valence-electron chi connectivity index (χ1n) is 6.51. The average molecular weight is 288 g/mol. The predicted molar refractivity (Wildman–Crippen MR) is 75.5 cm³/mol. The summed E-state index contributed by atoms with van der Waals surface area (Å²) in [7, 11) is 0. The van der Waals surface area contributed by atoms with E-state index in [1.807, 2.05) is 11.8 Å². The van der Waals surface area contributed by atoms with Gasteiger partial charge in [0.15, 0.2) is 5.89 Å². The van der Waals surface area contributed by atoms with Crippen LogP contribution in [0.1, 0.15) is 48.3 Å². The summed E-state index contributed by atoms with van der Waals surface area (Å²) in [6.07, 6.45) is 3.13. The molecule has 2 heterocycles. The Kier molecular flexibility index (Phi) is 5.38. The van der Waals surface area contributed by atoms with Gasteiger partial charge in [0.05, 0.1) is 5.69 Å². The summed E-state index contributed by atoms with van der Waals surface area (Å²) < 4.78 is 5.41. The summed E-state index contributed by atoms with van der Waals surface area (Å²) in [5, 5.41) is 0. The Morgan fingerprint density at radius 3 is 2.68 bits per heavy atom. The van der Waals surface area contributed by atoms with Crippen molar-refractivity contribution in [1.82, 2.24) is 9.88 Å². The third-order valence-electron chi connectivity index (χ3n) is 3.51. The molecule has 2 atom stereocenters.